The highest BCUT2D eigenvalue weighted by molar-refractivity contribution is 7.89. The van der Waals surface area contributed by atoms with Gasteiger partial charge in [-0.1, -0.05) is 19.1 Å². The maximum absolute atomic E-state index is 12.8. The number of nitro groups is 1. The fourth-order valence-electron chi connectivity index (χ4n) is 3.54. The van der Waals surface area contributed by atoms with E-state index in [2.05, 4.69) is 10.6 Å². The van der Waals surface area contributed by atoms with Crippen molar-refractivity contribution >= 4 is 33.0 Å². The summed E-state index contributed by atoms with van der Waals surface area (Å²) in [6.07, 6.45) is 1.98. The molecule has 1 saturated heterocycles. The van der Waals surface area contributed by atoms with Crippen molar-refractivity contribution in [3.05, 3.63) is 58.6 Å². The molecule has 31 heavy (non-hydrogen) atoms. The van der Waals surface area contributed by atoms with Crippen LogP contribution in [0.1, 0.15) is 26.2 Å². The highest BCUT2D eigenvalue weighted by Gasteiger charge is 2.28. The van der Waals surface area contributed by atoms with Crippen LogP contribution in [0.15, 0.2) is 53.4 Å². The summed E-state index contributed by atoms with van der Waals surface area (Å²) in [7, 11) is -3.54. The summed E-state index contributed by atoms with van der Waals surface area (Å²) in [5, 5.41) is 16.6. The summed E-state index contributed by atoms with van der Waals surface area (Å²) < 4.78 is 27.1. The first-order chi connectivity index (χ1) is 14.8. The monoisotopic (exact) mass is 446 g/mol. The lowest BCUT2D eigenvalue weighted by atomic mass is 10.0. The number of nitrogens with zero attached hydrogens (tertiary/aromatic N) is 2. The van der Waals surface area contributed by atoms with Crippen molar-refractivity contribution in [2.24, 2.45) is 5.92 Å². The number of para-hydroxylation sites is 2. The maximum Gasteiger partial charge on any atom is 0.292 e. The van der Waals surface area contributed by atoms with E-state index < -0.39 is 14.9 Å². The standard InChI is InChI=1S/C21H26N4O5S/c1-16-5-4-14-24(15-16)31(29,30)18-10-8-17(9-11-18)23-21(26)12-13-22-19-6-2-3-7-20(19)25(27)28/h2-3,6-11,16,22H,4-5,12-15H2,1H3,(H,23,26). The molecule has 1 fully saturated rings. The van der Waals surface area contributed by atoms with Gasteiger partial charge in [-0.15, -0.1) is 0 Å². The van der Waals surface area contributed by atoms with E-state index in [1.54, 1.807) is 30.3 Å². The van der Waals surface area contributed by atoms with E-state index >= 15 is 0 Å². The van der Waals surface area contributed by atoms with E-state index in [-0.39, 0.29) is 29.5 Å². The van der Waals surface area contributed by atoms with Crippen LogP contribution in [0.2, 0.25) is 0 Å². The Morgan fingerprint density at radius 1 is 1.19 bits per heavy atom. The Morgan fingerprint density at radius 2 is 1.90 bits per heavy atom. The van der Waals surface area contributed by atoms with Gasteiger partial charge < -0.3 is 10.6 Å². The second-order valence-corrected chi connectivity index (χ2v) is 9.57. The van der Waals surface area contributed by atoms with E-state index in [0.29, 0.717) is 30.4 Å². The van der Waals surface area contributed by atoms with Crippen LogP contribution in [-0.4, -0.2) is 43.2 Å². The number of rotatable bonds is 8. The van der Waals surface area contributed by atoms with Gasteiger partial charge in [0.25, 0.3) is 5.69 Å². The summed E-state index contributed by atoms with van der Waals surface area (Å²) in [6.45, 7) is 3.31. The average Bonchev–Trinajstić information content (AvgIpc) is 2.74. The lowest BCUT2D eigenvalue weighted by Crippen LogP contribution is -2.39. The Hall–Kier alpha value is -2.98. The molecular weight excluding hydrogens is 420 g/mol. The van der Waals surface area contributed by atoms with Gasteiger partial charge in [-0.25, -0.2) is 8.42 Å². The van der Waals surface area contributed by atoms with Gasteiger partial charge in [0, 0.05) is 37.8 Å². The molecule has 1 aliphatic rings. The normalized spacial score (nSPS) is 17.1. The van der Waals surface area contributed by atoms with Crippen molar-refractivity contribution in [2.45, 2.75) is 31.1 Å². The number of carbonyl (C=O) groups excluding carboxylic acids is 1. The Labute approximate surface area is 181 Å². The molecule has 9 nitrogen and oxygen atoms in total. The Kier molecular flexibility index (Phi) is 7.24. The van der Waals surface area contributed by atoms with Crippen molar-refractivity contribution in [1.82, 2.24) is 4.31 Å². The van der Waals surface area contributed by atoms with E-state index in [1.807, 2.05) is 6.92 Å². The summed E-state index contributed by atoms with van der Waals surface area (Å²) in [5.41, 5.74) is 0.784. The smallest absolute Gasteiger partial charge is 0.292 e. The number of amides is 1. The van der Waals surface area contributed by atoms with Crippen LogP contribution in [0.25, 0.3) is 0 Å². The lowest BCUT2D eigenvalue weighted by Gasteiger charge is -2.30. The fraction of sp³-hybridized carbons (Fsp3) is 0.381. The molecule has 0 bridgehead atoms. The first-order valence-corrected chi connectivity index (χ1v) is 11.6. The number of carbonyl (C=O) groups is 1. The SMILES string of the molecule is CC1CCCN(S(=O)(=O)c2ccc(NC(=O)CCNc3ccccc3[N+](=O)[O-])cc2)C1. The van der Waals surface area contributed by atoms with Crippen LogP contribution in [0.5, 0.6) is 0 Å². The molecule has 0 aromatic heterocycles. The van der Waals surface area contributed by atoms with Crippen LogP contribution >= 0.6 is 0 Å². The molecule has 2 aromatic carbocycles. The van der Waals surface area contributed by atoms with Gasteiger partial charge in [-0.05, 0) is 49.1 Å². The van der Waals surface area contributed by atoms with Gasteiger partial charge in [0.15, 0.2) is 0 Å². The van der Waals surface area contributed by atoms with Gasteiger partial charge in [-0.3, -0.25) is 14.9 Å². The molecule has 0 aliphatic carbocycles. The van der Waals surface area contributed by atoms with Crippen LogP contribution in [0.3, 0.4) is 0 Å². The van der Waals surface area contributed by atoms with Crippen LogP contribution in [0.4, 0.5) is 17.1 Å². The Morgan fingerprint density at radius 3 is 2.58 bits per heavy atom. The minimum atomic E-state index is -3.54. The molecule has 10 heteroatoms. The third-order valence-corrected chi connectivity index (χ3v) is 7.04. The highest BCUT2D eigenvalue weighted by atomic mass is 32.2. The molecule has 1 atom stereocenters. The van der Waals surface area contributed by atoms with Crippen LogP contribution in [-0.2, 0) is 14.8 Å². The number of piperidine rings is 1. The maximum atomic E-state index is 12.8. The van der Waals surface area contributed by atoms with Crippen LogP contribution < -0.4 is 10.6 Å². The first-order valence-electron chi connectivity index (χ1n) is 10.1. The molecule has 0 saturated carbocycles. The quantitative estimate of drug-likeness (QED) is 0.473. The zero-order valence-corrected chi connectivity index (χ0v) is 18.1. The van der Waals surface area contributed by atoms with Gasteiger partial charge in [0.05, 0.1) is 9.82 Å². The van der Waals surface area contributed by atoms with E-state index in [0.717, 1.165) is 12.8 Å². The molecule has 1 amide bonds. The average molecular weight is 447 g/mol. The molecule has 0 spiro atoms. The van der Waals surface area contributed by atoms with Gasteiger partial charge in [0.2, 0.25) is 15.9 Å². The third kappa shape index (κ3) is 5.80. The molecule has 1 aliphatic heterocycles. The predicted molar refractivity (Wildman–Crippen MR) is 118 cm³/mol. The first kappa shape index (κ1) is 22.7. The second kappa shape index (κ2) is 9.88. The third-order valence-electron chi connectivity index (χ3n) is 5.16. The van der Waals surface area contributed by atoms with Crippen molar-refractivity contribution in [3.63, 3.8) is 0 Å². The lowest BCUT2D eigenvalue weighted by molar-refractivity contribution is -0.384. The molecule has 2 N–H and O–H groups in total. The summed E-state index contributed by atoms with van der Waals surface area (Å²) in [5.74, 6) is 0.0552. The molecule has 1 heterocycles. The minimum absolute atomic E-state index is 0.0530. The number of nitrogens with one attached hydrogen (secondary N) is 2. The number of hydrogen-bond donors (Lipinski definition) is 2. The number of anilines is 2. The van der Waals surface area contributed by atoms with Gasteiger partial charge in [0.1, 0.15) is 5.69 Å². The largest absolute Gasteiger partial charge is 0.379 e. The summed E-state index contributed by atoms with van der Waals surface area (Å²) in [4.78, 5) is 22.9. The fourth-order valence-corrected chi connectivity index (χ4v) is 5.14. The molecule has 0 radical (unpaired) electrons. The molecule has 166 valence electrons. The Bertz CT molecular complexity index is 1040. The highest BCUT2D eigenvalue weighted by Crippen LogP contribution is 2.25. The zero-order valence-electron chi connectivity index (χ0n) is 17.3. The van der Waals surface area contributed by atoms with Crippen molar-refractivity contribution in [2.75, 3.05) is 30.3 Å². The van der Waals surface area contributed by atoms with Gasteiger partial charge in [-0.2, -0.15) is 4.31 Å². The number of nitro benzene ring substituents is 1. The topological polar surface area (TPSA) is 122 Å². The molecule has 2 aromatic rings. The number of sulfonamides is 1. The molecule has 1 unspecified atom stereocenters. The number of hydrogen-bond acceptors (Lipinski definition) is 6. The molecule has 3 rings (SSSR count). The minimum Gasteiger partial charge on any atom is -0.379 e. The van der Waals surface area contributed by atoms with Crippen molar-refractivity contribution in [1.29, 1.82) is 0 Å². The summed E-state index contributed by atoms with van der Waals surface area (Å²) >= 11 is 0. The predicted octanol–water partition coefficient (Wildman–Crippen LogP) is 3.46. The van der Waals surface area contributed by atoms with E-state index in [9.17, 15) is 23.3 Å². The second-order valence-electron chi connectivity index (χ2n) is 7.63. The van der Waals surface area contributed by atoms with Crippen molar-refractivity contribution in [3.8, 4) is 0 Å². The van der Waals surface area contributed by atoms with Gasteiger partial charge >= 0.3 is 0 Å². The van der Waals surface area contributed by atoms with Crippen LogP contribution in [0, 0.1) is 16.0 Å². The van der Waals surface area contributed by atoms with Crippen molar-refractivity contribution < 1.29 is 18.1 Å². The van der Waals surface area contributed by atoms with E-state index in [1.165, 1.54) is 22.5 Å². The van der Waals surface area contributed by atoms with E-state index in [4.69, 9.17) is 0 Å². The molecular formula is C21H26N4O5S. The number of benzene rings is 2. The summed E-state index contributed by atoms with van der Waals surface area (Å²) in [6, 6.07) is 12.3. The zero-order chi connectivity index (χ0) is 22.4. The Balaban J connectivity index is 1.54.